The highest BCUT2D eigenvalue weighted by atomic mass is 16.2. The van der Waals surface area contributed by atoms with E-state index in [1.165, 1.54) is 15.4 Å². The highest BCUT2D eigenvalue weighted by Crippen LogP contribution is 2.27. The number of rotatable bonds is 7. The Balaban J connectivity index is 1.55. The first-order valence-corrected chi connectivity index (χ1v) is 10.8. The van der Waals surface area contributed by atoms with E-state index in [1.807, 2.05) is 61.5 Å². The SMILES string of the molecule is CCc1ccc(NC(=O)CN2C(=O)N(Cc3ccccc3)C(=O)C3NN(CC)C=C32)cc1. The number of carbonyl (C=O) groups excluding carboxylic acids is 3. The van der Waals surface area contributed by atoms with E-state index in [4.69, 9.17) is 0 Å². The van der Waals surface area contributed by atoms with Crippen LogP contribution in [0.2, 0.25) is 0 Å². The molecule has 1 fully saturated rings. The van der Waals surface area contributed by atoms with Crippen LogP contribution in [0.5, 0.6) is 0 Å². The van der Waals surface area contributed by atoms with Crippen molar-refractivity contribution >= 4 is 23.5 Å². The summed E-state index contributed by atoms with van der Waals surface area (Å²) in [5, 5.41) is 4.60. The van der Waals surface area contributed by atoms with Crippen molar-refractivity contribution < 1.29 is 14.4 Å². The summed E-state index contributed by atoms with van der Waals surface area (Å²) in [7, 11) is 0. The summed E-state index contributed by atoms with van der Waals surface area (Å²) in [5.41, 5.74) is 6.29. The van der Waals surface area contributed by atoms with Crippen molar-refractivity contribution in [2.24, 2.45) is 0 Å². The predicted octanol–water partition coefficient (Wildman–Crippen LogP) is 2.70. The van der Waals surface area contributed by atoms with Gasteiger partial charge in [0.25, 0.3) is 5.91 Å². The number of amides is 4. The normalized spacial score (nSPS) is 18.0. The fourth-order valence-corrected chi connectivity index (χ4v) is 3.84. The molecule has 2 aliphatic heterocycles. The van der Waals surface area contributed by atoms with Gasteiger partial charge in [-0.1, -0.05) is 49.4 Å². The number of hydrogen-bond donors (Lipinski definition) is 2. The lowest BCUT2D eigenvalue weighted by atomic mass is 10.1. The third-order valence-corrected chi connectivity index (χ3v) is 5.64. The van der Waals surface area contributed by atoms with E-state index in [1.54, 1.807) is 11.2 Å². The number of hydrogen-bond acceptors (Lipinski definition) is 5. The first-order valence-electron chi connectivity index (χ1n) is 10.8. The van der Waals surface area contributed by atoms with Crippen LogP contribution in [0.1, 0.15) is 25.0 Å². The Bertz CT molecular complexity index is 1040. The van der Waals surface area contributed by atoms with Gasteiger partial charge in [-0.25, -0.2) is 10.2 Å². The van der Waals surface area contributed by atoms with Gasteiger partial charge in [0.1, 0.15) is 12.6 Å². The first-order chi connectivity index (χ1) is 15.5. The zero-order valence-electron chi connectivity index (χ0n) is 18.2. The molecule has 8 heteroatoms. The Morgan fingerprint density at radius 1 is 0.969 bits per heavy atom. The molecule has 2 aliphatic rings. The number of imide groups is 1. The van der Waals surface area contributed by atoms with E-state index in [-0.39, 0.29) is 24.9 Å². The molecule has 0 saturated carbocycles. The summed E-state index contributed by atoms with van der Waals surface area (Å²) in [6, 6.07) is 15.7. The zero-order chi connectivity index (χ0) is 22.7. The summed E-state index contributed by atoms with van der Waals surface area (Å²) >= 11 is 0. The monoisotopic (exact) mass is 433 g/mol. The molecule has 2 N–H and O–H groups in total. The van der Waals surface area contributed by atoms with Crippen LogP contribution in [0, 0.1) is 0 Å². The summed E-state index contributed by atoms with van der Waals surface area (Å²) in [6.45, 7) is 4.58. The Morgan fingerprint density at radius 3 is 2.34 bits per heavy atom. The molecule has 2 heterocycles. The molecule has 1 atom stereocenters. The minimum absolute atomic E-state index is 0.146. The molecule has 4 rings (SSSR count). The van der Waals surface area contributed by atoms with Gasteiger partial charge in [0.05, 0.1) is 12.2 Å². The lowest BCUT2D eigenvalue weighted by molar-refractivity contribution is -0.133. The second-order valence-corrected chi connectivity index (χ2v) is 7.78. The Kier molecular flexibility index (Phi) is 6.23. The number of fused-ring (bicyclic) bond motifs is 1. The van der Waals surface area contributed by atoms with E-state index < -0.39 is 12.1 Å². The molecule has 0 spiro atoms. The predicted molar refractivity (Wildman–Crippen MR) is 121 cm³/mol. The second-order valence-electron chi connectivity index (χ2n) is 7.78. The maximum absolute atomic E-state index is 13.3. The van der Waals surface area contributed by atoms with Gasteiger partial charge in [0, 0.05) is 18.4 Å². The van der Waals surface area contributed by atoms with Gasteiger partial charge in [-0.3, -0.25) is 19.4 Å². The molecular formula is C24H27N5O3. The largest absolute Gasteiger partial charge is 0.331 e. The smallest absolute Gasteiger partial charge is 0.325 e. The molecule has 1 saturated heterocycles. The lowest BCUT2D eigenvalue weighted by Crippen LogP contribution is -2.61. The molecule has 2 aromatic rings. The van der Waals surface area contributed by atoms with Crippen LogP contribution in [0.15, 0.2) is 66.5 Å². The van der Waals surface area contributed by atoms with E-state index in [9.17, 15) is 14.4 Å². The van der Waals surface area contributed by atoms with Gasteiger partial charge >= 0.3 is 6.03 Å². The zero-order valence-corrected chi connectivity index (χ0v) is 18.2. The van der Waals surface area contributed by atoms with Crippen LogP contribution in [0.25, 0.3) is 0 Å². The third-order valence-electron chi connectivity index (χ3n) is 5.64. The summed E-state index contributed by atoms with van der Waals surface area (Å²) < 4.78 is 0. The van der Waals surface area contributed by atoms with Crippen LogP contribution >= 0.6 is 0 Å². The van der Waals surface area contributed by atoms with Crippen LogP contribution in [-0.4, -0.2) is 51.8 Å². The van der Waals surface area contributed by atoms with Crippen molar-refractivity contribution in [3.05, 3.63) is 77.6 Å². The molecule has 166 valence electrons. The molecule has 0 aromatic heterocycles. The fourth-order valence-electron chi connectivity index (χ4n) is 3.84. The molecule has 1 unspecified atom stereocenters. The minimum atomic E-state index is -0.701. The quantitative estimate of drug-likeness (QED) is 0.701. The standard InChI is InChI=1S/C24H27N5O3/c1-3-17-10-12-19(13-11-17)25-21(30)16-28-20-15-27(4-2)26-22(20)23(31)29(24(28)32)14-18-8-6-5-7-9-18/h5-13,15,22,26H,3-4,14,16H2,1-2H3,(H,25,30). The number of anilines is 1. The van der Waals surface area contributed by atoms with Crippen LogP contribution < -0.4 is 10.7 Å². The molecule has 0 aliphatic carbocycles. The van der Waals surface area contributed by atoms with Gasteiger partial charge in [-0.2, -0.15) is 0 Å². The number of nitrogens with one attached hydrogen (secondary N) is 2. The molecule has 0 bridgehead atoms. The van der Waals surface area contributed by atoms with Gasteiger partial charge in [-0.05, 0) is 36.6 Å². The van der Waals surface area contributed by atoms with Crippen molar-refractivity contribution in [1.82, 2.24) is 20.2 Å². The highest BCUT2D eigenvalue weighted by molar-refractivity contribution is 6.05. The van der Waals surface area contributed by atoms with Gasteiger partial charge in [0.2, 0.25) is 5.91 Å². The summed E-state index contributed by atoms with van der Waals surface area (Å²) in [5.74, 6) is -0.654. The molecule has 32 heavy (non-hydrogen) atoms. The molecule has 8 nitrogen and oxygen atoms in total. The minimum Gasteiger partial charge on any atom is -0.325 e. The van der Waals surface area contributed by atoms with Crippen LogP contribution in [0.3, 0.4) is 0 Å². The third kappa shape index (κ3) is 4.36. The first kappa shape index (κ1) is 21.6. The molecule has 4 amide bonds. The van der Waals surface area contributed by atoms with E-state index in [0.717, 1.165) is 12.0 Å². The Labute approximate surface area is 187 Å². The molecule has 2 aromatic carbocycles. The van der Waals surface area contributed by atoms with Crippen molar-refractivity contribution in [1.29, 1.82) is 0 Å². The van der Waals surface area contributed by atoms with Crippen molar-refractivity contribution in [2.75, 3.05) is 18.4 Å². The average molecular weight is 434 g/mol. The van der Waals surface area contributed by atoms with Crippen molar-refractivity contribution in [2.45, 2.75) is 32.9 Å². The maximum Gasteiger partial charge on any atom is 0.331 e. The topological polar surface area (TPSA) is 85.0 Å². The van der Waals surface area contributed by atoms with Crippen LogP contribution in [-0.2, 0) is 22.6 Å². The van der Waals surface area contributed by atoms with E-state index in [0.29, 0.717) is 17.9 Å². The lowest BCUT2D eigenvalue weighted by Gasteiger charge is -2.37. The maximum atomic E-state index is 13.3. The van der Waals surface area contributed by atoms with Crippen molar-refractivity contribution in [3.8, 4) is 0 Å². The van der Waals surface area contributed by atoms with Gasteiger partial charge in [0.15, 0.2) is 0 Å². The number of carbonyl (C=O) groups is 3. The van der Waals surface area contributed by atoms with E-state index >= 15 is 0 Å². The number of urea groups is 1. The number of aryl methyl sites for hydroxylation is 1. The van der Waals surface area contributed by atoms with Crippen molar-refractivity contribution in [3.63, 3.8) is 0 Å². The highest BCUT2D eigenvalue weighted by Gasteiger charge is 2.46. The fraction of sp³-hybridized carbons (Fsp3) is 0.292. The van der Waals surface area contributed by atoms with Gasteiger partial charge in [-0.15, -0.1) is 0 Å². The van der Waals surface area contributed by atoms with Gasteiger partial charge < -0.3 is 10.3 Å². The molecular weight excluding hydrogens is 406 g/mol. The van der Waals surface area contributed by atoms with E-state index in [2.05, 4.69) is 17.7 Å². The molecule has 0 radical (unpaired) electrons. The summed E-state index contributed by atoms with van der Waals surface area (Å²) in [4.78, 5) is 41.8. The summed E-state index contributed by atoms with van der Waals surface area (Å²) in [6.07, 6.45) is 2.64. The number of hydrazine groups is 1. The Hall–Kier alpha value is -3.65. The number of nitrogens with zero attached hydrogens (tertiary/aromatic N) is 3. The average Bonchev–Trinajstić information content (AvgIpc) is 3.25. The van der Waals surface area contributed by atoms with Crippen LogP contribution in [0.4, 0.5) is 10.5 Å². The Morgan fingerprint density at radius 2 is 1.69 bits per heavy atom. The second kappa shape index (κ2) is 9.23. The number of benzene rings is 2.